The minimum Gasteiger partial charge on any atom is -0.341 e. The minimum atomic E-state index is 0.390. The first kappa shape index (κ1) is 16.8. The van der Waals surface area contributed by atoms with Crippen LogP contribution in [0.2, 0.25) is 0 Å². The average Bonchev–Trinajstić information content (AvgIpc) is 2.99. The smallest absolute Gasteiger partial charge is 0.222 e. The molecule has 1 amide bonds. The van der Waals surface area contributed by atoms with Crippen LogP contribution in [0.4, 0.5) is 0 Å². The van der Waals surface area contributed by atoms with Gasteiger partial charge >= 0.3 is 0 Å². The molecule has 1 saturated carbocycles. The highest BCUT2D eigenvalue weighted by atomic mass is 16.2. The summed E-state index contributed by atoms with van der Waals surface area (Å²) in [6, 6.07) is 0.580. The maximum atomic E-state index is 12.5. The SMILES string of the molecule is CCN(CC)C1CCN(C(=O)CC2CCC(CN)CC2)C1. The standard InChI is InChI=1S/C17H33N3O/c1-3-19(4-2)16-9-10-20(13-16)17(21)11-14-5-7-15(12-18)8-6-14/h14-16H,3-13,18H2,1-2H3. The van der Waals surface area contributed by atoms with Crippen molar-refractivity contribution >= 4 is 5.91 Å². The van der Waals surface area contributed by atoms with Crippen molar-refractivity contribution in [1.82, 2.24) is 9.80 Å². The molecule has 0 aromatic heterocycles. The Kier molecular flexibility index (Phi) is 6.49. The van der Waals surface area contributed by atoms with Crippen LogP contribution in [0.15, 0.2) is 0 Å². The topological polar surface area (TPSA) is 49.6 Å². The molecule has 0 aromatic carbocycles. The second-order valence-electron chi connectivity index (χ2n) is 6.83. The lowest BCUT2D eigenvalue weighted by Crippen LogP contribution is -2.39. The van der Waals surface area contributed by atoms with Crippen molar-refractivity contribution < 1.29 is 4.79 Å². The third-order valence-corrected chi connectivity index (χ3v) is 5.61. The normalized spacial score (nSPS) is 30.1. The summed E-state index contributed by atoms with van der Waals surface area (Å²) in [5.41, 5.74) is 5.74. The Morgan fingerprint density at radius 3 is 2.29 bits per heavy atom. The van der Waals surface area contributed by atoms with Gasteiger partial charge in [0.05, 0.1) is 0 Å². The molecule has 1 atom stereocenters. The first-order valence-corrected chi connectivity index (χ1v) is 8.89. The van der Waals surface area contributed by atoms with Gasteiger partial charge in [0.25, 0.3) is 0 Å². The van der Waals surface area contributed by atoms with E-state index in [2.05, 4.69) is 23.6 Å². The summed E-state index contributed by atoms with van der Waals surface area (Å²) in [7, 11) is 0. The van der Waals surface area contributed by atoms with E-state index in [0.717, 1.165) is 45.6 Å². The molecule has 1 aliphatic carbocycles. The van der Waals surface area contributed by atoms with Crippen LogP contribution in [-0.2, 0) is 4.79 Å². The molecular weight excluding hydrogens is 262 g/mol. The fraction of sp³-hybridized carbons (Fsp3) is 0.941. The lowest BCUT2D eigenvalue weighted by atomic mass is 9.80. The first-order chi connectivity index (χ1) is 10.2. The molecule has 2 aliphatic rings. The summed E-state index contributed by atoms with van der Waals surface area (Å²) < 4.78 is 0. The van der Waals surface area contributed by atoms with Crippen molar-refractivity contribution in [2.75, 3.05) is 32.7 Å². The third-order valence-electron chi connectivity index (χ3n) is 5.61. The van der Waals surface area contributed by atoms with Crippen molar-refractivity contribution in [2.24, 2.45) is 17.6 Å². The highest BCUT2D eigenvalue weighted by molar-refractivity contribution is 5.76. The molecule has 2 N–H and O–H groups in total. The minimum absolute atomic E-state index is 0.390. The molecule has 4 heteroatoms. The molecular formula is C17H33N3O. The van der Waals surface area contributed by atoms with Gasteiger partial charge in [-0.1, -0.05) is 13.8 Å². The van der Waals surface area contributed by atoms with E-state index in [9.17, 15) is 4.79 Å². The third kappa shape index (κ3) is 4.43. The average molecular weight is 295 g/mol. The number of rotatable bonds is 6. The monoisotopic (exact) mass is 295 g/mol. The van der Waals surface area contributed by atoms with Gasteiger partial charge in [0.15, 0.2) is 0 Å². The number of hydrogen-bond acceptors (Lipinski definition) is 3. The van der Waals surface area contributed by atoms with E-state index >= 15 is 0 Å². The molecule has 1 aliphatic heterocycles. The Morgan fingerprint density at radius 1 is 1.10 bits per heavy atom. The van der Waals surface area contributed by atoms with E-state index in [1.807, 2.05) is 0 Å². The zero-order chi connectivity index (χ0) is 15.2. The Morgan fingerprint density at radius 2 is 1.71 bits per heavy atom. The van der Waals surface area contributed by atoms with Gasteiger partial charge in [-0.3, -0.25) is 9.69 Å². The van der Waals surface area contributed by atoms with Crippen molar-refractivity contribution in [3.63, 3.8) is 0 Å². The first-order valence-electron chi connectivity index (χ1n) is 8.89. The maximum Gasteiger partial charge on any atom is 0.222 e. The zero-order valence-corrected chi connectivity index (χ0v) is 13.9. The number of nitrogens with two attached hydrogens (primary N) is 1. The van der Waals surface area contributed by atoms with Gasteiger partial charge in [0.1, 0.15) is 0 Å². The van der Waals surface area contributed by atoms with Gasteiger partial charge in [-0.25, -0.2) is 0 Å². The molecule has 1 unspecified atom stereocenters. The number of likely N-dealkylation sites (tertiary alicyclic amines) is 1. The van der Waals surface area contributed by atoms with E-state index in [0.29, 0.717) is 23.8 Å². The largest absolute Gasteiger partial charge is 0.341 e. The number of carbonyl (C=O) groups is 1. The lowest BCUT2D eigenvalue weighted by molar-refractivity contribution is -0.131. The molecule has 2 rings (SSSR count). The van der Waals surface area contributed by atoms with Crippen LogP contribution in [-0.4, -0.2) is 54.5 Å². The van der Waals surface area contributed by atoms with Gasteiger partial charge in [0, 0.05) is 25.6 Å². The van der Waals surface area contributed by atoms with Crippen LogP contribution in [0.3, 0.4) is 0 Å². The van der Waals surface area contributed by atoms with Gasteiger partial charge < -0.3 is 10.6 Å². The molecule has 1 heterocycles. The van der Waals surface area contributed by atoms with E-state index in [1.165, 1.54) is 25.7 Å². The van der Waals surface area contributed by atoms with Crippen molar-refractivity contribution in [2.45, 2.75) is 58.4 Å². The number of amides is 1. The summed E-state index contributed by atoms with van der Waals surface area (Å²) in [5.74, 6) is 1.70. The van der Waals surface area contributed by atoms with Crippen LogP contribution in [0.25, 0.3) is 0 Å². The quantitative estimate of drug-likeness (QED) is 0.816. The maximum absolute atomic E-state index is 12.5. The summed E-state index contributed by atoms with van der Waals surface area (Å²) in [6.45, 7) is 9.32. The van der Waals surface area contributed by atoms with E-state index in [-0.39, 0.29) is 0 Å². The Hall–Kier alpha value is -0.610. The molecule has 0 radical (unpaired) electrons. The number of likely N-dealkylation sites (N-methyl/N-ethyl adjacent to an activating group) is 1. The second kappa shape index (κ2) is 8.14. The summed E-state index contributed by atoms with van der Waals surface area (Å²) in [5, 5.41) is 0. The van der Waals surface area contributed by atoms with E-state index in [1.54, 1.807) is 0 Å². The molecule has 1 saturated heterocycles. The molecule has 0 bridgehead atoms. The molecule has 0 spiro atoms. The molecule has 21 heavy (non-hydrogen) atoms. The fourth-order valence-electron chi connectivity index (χ4n) is 4.05. The lowest BCUT2D eigenvalue weighted by Gasteiger charge is -2.29. The molecule has 4 nitrogen and oxygen atoms in total. The summed E-state index contributed by atoms with van der Waals surface area (Å²) >= 11 is 0. The van der Waals surface area contributed by atoms with Crippen molar-refractivity contribution in [1.29, 1.82) is 0 Å². The Balaban J connectivity index is 1.75. The molecule has 122 valence electrons. The number of carbonyl (C=O) groups excluding carboxylic acids is 1. The fourth-order valence-corrected chi connectivity index (χ4v) is 4.05. The van der Waals surface area contributed by atoms with Crippen LogP contribution < -0.4 is 5.73 Å². The summed E-state index contributed by atoms with van der Waals surface area (Å²) in [6.07, 6.45) is 6.74. The predicted molar refractivity (Wildman–Crippen MR) is 87.0 cm³/mol. The van der Waals surface area contributed by atoms with Gasteiger partial charge in [-0.15, -0.1) is 0 Å². The van der Waals surface area contributed by atoms with E-state index < -0.39 is 0 Å². The van der Waals surface area contributed by atoms with Gasteiger partial charge in [-0.05, 0) is 63.6 Å². The van der Waals surface area contributed by atoms with Crippen LogP contribution in [0.5, 0.6) is 0 Å². The van der Waals surface area contributed by atoms with Gasteiger partial charge in [-0.2, -0.15) is 0 Å². The second-order valence-corrected chi connectivity index (χ2v) is 6.83. The Labute approximate surface area is 130 Å². The highest BCUT2D eigenvalue weighted by Gasteiger charge is 2.31. The molecule has 2 fully saturated rings. The predicted octanol–water partition coefficient (Wildman–Crippen LogP) is 2.08. The van der Waals surface area contributed by atoms with Crippen molar-refractivity contribution in [3.05, 3.63) is 0 Å². The van der Waals surface area contributed by atoms with Crippen LogP contribution in [0, 0.1) is 11.8 Å². The highest BCUT2D eigenvalue weighted by Crippen LogP contribution is 2.31. The molecule has 0 aromatic rings. The summed E-state index contributed by atoms with van der Waals surface area (Å²) in [4.78, 5) is 17.1. The number of hydrogen-bond donors (Lipinski definition) is 1. The Bertz CT molecular complexity index is 322. The van der Waals surface area contributed by atoms with E-state index in [4.69, 9.17) is 5.73 Å². The number of nitrogens with zero attached hydrogens (tertiary/aromatic N) is 2. The zero-order valence-electron chi connectivity index (χ0n) is 13.9. The van der Waals surface area contributed by atoms with Gasteiger partial charge in [0.2, 0.25) is 5.91 Å². The van der Waals surface area contributed by atoms with Crippen molar-refractivity contribution in [3.8, 4) is 0 Å². The van der Waals surface area contributed by atoms with Crippen LogP contribution >= 0.6 is 0 Å². The van der Waals surface area contributed by atoms with Crippen LogP contribution in [0.1, 0.15) is 52.4 Å².